The zero-order chi connectivity index (χ0) is 17.6. The summed E-state index contributed by atoms with van der Waals surface area (Å²) in [5, 5.41) is 14.3. The molecule has 25 heavy (non-hydrogen) atoms. The maximum Gasteiger partial charge on any atom is 0.165 e. The summed E-state index contributed by atoms with van der Waals surface area (Å²) in [6.07, 6.45) is 3.14. The zero-order valence-electron chi connectivity index (χ0n) is 14.5. The monoisotopic (exact) mass is 348 g/mol. The Morgan fingerprint density at radius 2 is 1.96 bits per heavy atom. The third-order valence-corrected chi connectivity index (χ3v) is 4.51. The molecule has 7 heteroatoms. The number of piperazine rings is 1. The average Bonchev–Trinajstić information content (AvgIpc) is 3.10. The number of rotatable bonds is 7. The van der Waals surface area contributed by atoms with Crippen molar-refractivity contribution in [3.8, 4) is 5.75 Å². The van der Waals surface area contributed by atoms with Crippen LogP contribution in [0.15, 0.2) is 36.7 Å². The third kappa shape index (κ3) is 5.01. The standard InChI is InChI=1S/C18H25FN4O2/c1-25-18-4-3-15(11-17(18)19)12-21-7-9-22(10-8-21)13-16(24)14-23-6-2-5-20-23/h2-6,11,16,24H,7-10,12-14H2,1H3. The Kier molecular flexibility index (Phi) is 6.01. The van der Waals surface area contributed by atoms with Crippen LogP contribution in [0, 0.1) is 5.82 Å². The number of benzene rings is 1. The molecule has 1 atom stereocenters. The van der Waals surface area contributed by atoms with Gasteiger partial charge in [-0.05, 0) is 23.8 Å². The van der Waals surface area contributed by atoms with Crippen molar-refractivity contribution in [3.63, 3.8) is 0 Å². The van der Waals surface area contributed by atoms with Crippen LogP contribution in [0.3, 0.4) is 0 Å². The Morgan fingerprint density at radius 1 is 1.20 bits per heavy atom. The Morgan fingerprint density at radius 3 is 2.60 bits per heavy atom. The second-order valence-electron chi connectivity index (χ2n) is 6.43. The highest BCUT2D eigenvalue weighted by Crippen LogP contribution is 2.19. The summed E-state index contributed by atoms with van der Waals surface area (Å²) in [5.41, 5.74) is 0.950. The van der Waals surface area contributed by atoms with Gasteiger partial charge >= 0.3 is 0 Å². The van der Waals surface area contributed by atoms with Crippen LogP contribution in [-0.4, -0.2) is 70.6 Å². The van der Waals surface area contributed by atoms with E-state index in [-0.39, 0.29) is 11.6 Å². The maximum absolute atomic E-state index is 13.8. The van der Waals surface area contributed by atoms with E-state index in [1.807, 2.05) is 18.3 Å². The van der Waals surface area contributed by atoms with Crippen LogP contribution in [0.25, 0.3) is 0 Å². The van der Waals surface area contributed by atoms with Crippen molar-refractivity contribution in [2.45, 2.75) is 19.2 Å². The summed E-state index contributed by atoms with van der Waals surface area (Å²) in [6.45, 7) is 5.49. The summed E-state index contributed by atoms with van der Waals surface area (Å²) in [4.78, 5) is 4.57. The van der Waals surface area contributed by atoms with Crippen molar-refractivity contribution in [2.75, 3.05) is 39.8 Å². The highest BCUT2D eigenvalue weighted by molar-refractivity contribution is 5.29. The summed E-state index contributed by atoms with van der Waals surface area (Å²) < 4.78 is 20.5. The van der Waals surface area contributed by atoms with Gasteiger partial charge in [0, 0.05) is 51.7 Å². The van der Waals surface area contributed by atoms with Gasteiger partial charge < -0.3 is 9.84 Å². The molecule has 3 rings (SSSR count). The van der Waals surface area contributed by atoms with Gasteiger partial charge in [0.1, 0.15) is 0 Å². The van der Waals surface area contributed by atoms with Gasteiger partial charge in [-0.15, -0.1) is 0 Å². The zero-order valence-corrected chi connectivity index (χ0v) is 14.5. The molecule has 0 amide bonds. The molecule has 6 nitrogen and oxygen atoms in total. The molecule has 0 saturated carbocycles. The lowest BCUT2D eigenvalue weighted by Crippen LogP contribution is -2.48. The van der Waals surface area contributed by atoms with Gasteiger partial charge in [0.05, 0.1) is 19.8 Å². The lowest BCUT2D eigenvalue weighted by Gasteiger charge is -2.35. The fourth-order valence-electron chi connectivity index (χ4n) is 3.18. The van der Waals surface area contributed by atoms with E-state index in [1.54, 1.807) is 23.0 Å². The minimum Gasteiger partial charge on any atom is -0.494 e. The molecule has 136 valence electrons. The molecule has 1 aromatic heterocycles. The molecular weight excluding hydrogens is 323 g/mol. The number of aliphatic hydroxyl groups is 1. The molecular formula is C18H25FN4O2. The number of methoxy groups -OCH3 is 1. The van der Waals surface area contributed by atoms with Gasteiger partial charge in [0.2, 0.25) is 0 Å². The first-order valence-electron chi connectivity index (χ1n) is 8.56. The molecule has 1 fully saturated rings. The molecule has 1 saturated heterocycles. The molecule has 1 unspecified atom stereocenters. The first-order valence-corrected chi connectivity index (χ1v) is 8.56. The number of halogens is 1. The highest BCUT2D eigenvalue weighted by Gasteiger charge is 2.20. The largest absolute Gasteiger partial charge is 0.494 e. The van der Waals surface area contributed by atoms with E-state index < -0.39 is 6.10 Å². The van der Waals surface area contributed by atoms with Gasteiger partial charge in [-0.3, -0.25) is 14.5 Å². The molecule has 1 aromatic carbocycles. The van der Waals surface area contributed by atoms with Crippen molar-refractivity contribution >= 4 is 0 Å². The van der Waals surface area contributed by atoms with Crippen molar-refractivity contribution in [1.82, 2.24) is 19.6 Å². The topological polar surface area (TPSA) is 53.8 Å². The third-order valence-electron chi connectivity index (χ3n) is 4.51. The minimum atomic E-state index is -0.429. The van der Waals surface area contributed by atoms with E-state index in [4.69, 9.17) is 4.74 Å². The molecule has 1 aliphatic heterocycles. The van der Waals surface area contributed by atoms with Crippen molar-refractivity contribution in [3.05, 3.63) is 48.0 Å². The SMILES string of the molecule is COc1ccc(CN2CCN(CC(O)Cn3cccn3)CC2)cc1F. The quantitative estimate of drug-likeness (QED) is 0.815. The summed E-state index contributed by atoms with van der Waals surface area (Å²) in [6, 6.07) is 6.97. The van der Waals surface area contributed by atoms with Crippen LogP contribution in [0.4, 0.5) is 4.39 Å². The van der Waals surface area contributed by atoms with Crippen LogP contribution >= 0.6 is 0 Å². The maximum atomic E-state index is 13.8. The molecule has 2 heterocycles. The summed E-state index contributed by atoms with van der Waals surface area (Å²) >= 11 is 0. The van der Waals surface area contributed by atoms with E-state index in [9.17, 15) is 9.50 Å². The lowest BCUT2D eigenvalue weighted by molar-refractivity contribution is 0.0605. The number of nitrogens with zero attached hydrogens (tertiary/aromatic N) is 4. The molecule has 1 N–H and O–H groups in total. The van der Waals surface area contributed by atoms with Crippen molar-refractivity contribution in [2.24, 2.45) is 0 Å². The van der Waals surface area contributed by atoms with Gasteiger partial charge in [0.15, 0.2) is 11.6 Å². The molecule has 2 aromatic rings. The van der Waals surface area contributed by atoms with E-state index >= 15 is 0 Å². The Bertz CT molecular complexity index is 657. The van der Waals surface area contributed by atoms with Gasteiger partial charge in [-0.2, -0.15) is 5.10 Å². The molecule has 0 aliphatic carbocycles. The first-order chi connectivity index (χ1) is 12.1. The van der Waals surface area contributed by atoms with Crippen molar-refractivity contribution in [1.29, 1.82) is 0 Å². The molecule has 0 radical (unpaired) electrons. The number of hydrogen-bond acceptors (Lipinski definition) is 5. The van der Waals surface area contributed by atoms with Gasteiger partial charge in [0.25, 0.3) is 0 Å². The van der Waals surface area contributed by atoms with Crippen LogP contribution in [0.1, 0.15) is 5.56 Å². The van der Waals surface area contributed by atoms with Crippen LogP contribution in [0.2, 0.25) is 0 Å². The summed E-state index contributed by atoms with van der Waals surface area (Å²) in [5.74, 6) is -0.0416. The fraction of sp³-hybridized carbons (Fsp3) is 0.500. The van der Waals surface area contributed by atoms with Gasteiger partial charge in [-0.25, -0.2) is 4.39 Å². The lowest BCUT2D eigenvalue weighted by atomic mass is 10.1. The Balaban J connectivity index is 1.43. The van der Waals surface area contributed by atoms with E-state index in [0.717, 1.165) is 38.3 Å². The number of hydrogen-bond donors (Lipinski definition) is 1. The molecule has 0 bridgehead atoms. The van der Waals surface area contributed by atoms with Crippen LogP contribution in [0.5, 0.6) is 5.75 Å². The predicted octanol–water partition coefficient (Wildman–Crippen LogP) is 1.21. The normalized spacial score (nSPS) is 17.6. The van der Waals surface area contributed by atoms with Gasteiger partial charge in [-0.1, -0.05) is 6.07 Å². The van der Waals surface area contributed by atoms with E-state index in [0.29, 0.717) is 13.1 Å². The fourth-order valence-corrected chi connectivity index (χ4v) is 3.18. The van der Waals surface area contributed by atoms with Crippen LogP contribution < -0.4 is 4.74 Å². The van der Waals surface area contributed by atoms with Crippen LogP contribution in [-0.2, 0) is 13.1 Å². The average molecular weight is 348 g/mol. The molecule has 1 aliphatic rings. The predicted molar refractivity (Wildman–Crippen MR) is 92.9 cm³/mol. The number of aliphatic hydroxyl groups excluding tert-OH is 1. The second-order valence-corrected chi connectivity index (χ2v) is 6.43. The second kappa shape index (κ2) is 8.42. The Labute approximate surface area is 147 Å². The van der Waals surface area contributed by atoms with E-state index in [1.165, 1.54) is 7.11 Å². The van der Waals surface area contributed by atoms with E-state index in [2.05, 4.69) is 14.9 Å². The number of aromatic nitrogens is 2. The minimum absolute atomic E-state index is 0.278. The smallest absolute Gasteiger partial charge is 0.165 e. The number of β-amino-alcohol motifs (C(OH)–C–C–N with tert-alkyl or cyclic N) is 1. The summed E-state index contributed by atoms with van der Waals surface area (Å²) in [7, 11) is 1.47. The molecule has 0 spiro atoms. The van der Waals surface area contributed by atoms with Crippen molar-refractivity contribution < 1.29 is 14.2 Å². The first kappa shape index (κ1) is 17.8. The Hall–Kier alpha value is -1.96. The number of ether oxygens (including phenoxy) is 1. The highest BCUT2D eigenvalue weighted by atomic mass is 19.1.